The van der Waals surface area contributed by atoms with E-state index in [-0.39, 0.29) is 12.4 Å². The Morgan fingerprint density at radius 3 is 2.80 bits per heavy atom. The zero-order valence-electron chi connectivity index (χ0n) is 9.07. The van der Waals surface area contributed by atoms with Gasteiger partial charge in [0.2, 0.25) is 0 Å². The Hall–Kier alpha value is -0.580. The topological polar surface area (TPSA) is 44.0 Å². The second-order valence-corrected chi connectivity index (χ2v) is 3.92. The molecule has 1 saturated heterocycles. The molecule has 1 aliphatic rings. The van der Waals surface area contributed by atoms with E-state index in [0.29, 0.717) is 6.04 Å². The molecule has 86 valence electrons. The van der Waals surface area contributed by atoms with Crippen molar-refractivity contribution in [2.75, 3.05) is 20.1 Å². The van der Waals surface area contributed by atoms with Crippen LogP contribution in [0.2, 0.25) is 0 Å². The van der Waals surface area contributed by atoms with E-state index in [1.54, 1.807) is 6.33 Å². The standard InChI is InChI=1S/C10H18N4.ClH/c1-11-9-2-4-14(5-3-9)7-10-6-12-8-13-10;/h6,8-9,11H,2-5,7H2,1H3,(H,12,13);1H. The molecule has 0 aliphatic carbocycles. The first kappa shape index (κ1) is 12.5. The number of piperidine rings is 1. The van der Waals surface area contributed by atoms with Crippen LogP contribution in [0.15, 0.2) is 12.5 Å². The summed E-state index contributed by atoms with van der Waals surface area (Å²) in [5, 5.41) is 3.34. The molecule has 0 unspecified atom stereocenters. The Morgan fingerprint density at radius 2 is 2.27 bits per heavy atom. The van der Waals surface area contributed by atoms with E-state index in [9.17, 15) is 0 Å². The SMILES string of the molecule is CNC1CCN(Cc2cnc[nH]2)CC1.Cl. The lowest BCUT2D eigenvalue weighted by molar-refractivity contribution is 0.193. The highest BCUT2D eigenvalue weighted by atomic mass is 35.5. The fourth-order valence-corrected chi connectivity index (χ4v) is 1.99. The minimum Gasteiger partial charge on any atom is -0.347 e. The molecule has 15 heavy (non-hydrogen) atoms. The maximum atomic E-state index is 4.02. The zero-order valence-corrected chi connectivity index (χ0v) is 9.89. The van der Waals surface area contributed by atoms with Crippen LogP contribution in [0.25, 0.3) is 0 Å². The van der Waals surface area contributed by atoms with Crippen molar-refractivity contribution < 1.29 is 0 Å². The van der Waals surface area contributed by atoms with Gasteiger partial charge in [-0.1, -0.05) is 0 Å². The van der Waals surface area contributed by atoms with E-state index >= 15 is 0 Å². The molecule has 0 atom stereocenters. The molecule has 2 N–H and O–H groups in total. The molecule has 0 bridgehead atoms. The molecule has 1 aliphatic heterocycles. The number of hydrogen-bond donors (Lipinski definition) is 2. The lowest BCUT2D eigenvalue weighted by Gasteiger charge is -2.31. The van der Waals surface area contributed by atoms with Crippen molar-refractivity contribution in [3.05, 3.63) is 18.2 Å². The summed E-state index contributed by atoms with van der Waals surface area (Å²) in [5.74, 6) is 0. The van der Waals surface area contributed by atoms with E-state index in [4.69, 9.17) is 0 Å². The minimum absolute atomic E-state index is 0. The summed E-state index contributed by atoms with van der Waals surface area (Å²) in [5.41, 5.74) is 1.22. The number of nitrogens with zero attached hydrogens (tertiary/aromatic N) is 2. The molecule has 1 fully saturated rings. The van der Waals surface area contributed by atoms with Crippen LogP contribution in [-0.2, 0) is 6.54 Å². The largest absolute Gasteiger partial charge is 0.347 e. The van der Waals surface area contributed by atoms with Gasteiger partial charge in [0.1, 0.15) is 0 Å². The molecular weight excluding hydrogens is 212 g/mol. The van der Waals surface area contributed by atoms with Gasteiger partial charge in [0.25, 0.3) is 0 Å². The number of rotatable bonds is 3. The number of aromatic nitrogens is 2. The molecule has 2 heterocycles. The Morgan fingerprint density at radius 1 is 1.53 bits per heavy atom. The van der Waals surface area contributed by atoms with Crippen molar-refractivity contribution in [1.29, 1.82) is 0 Å². The quantitative estimate of drug-likeness (QED) is 0.815. The van der Waals surface area contributed by atoms with Gasteiger partial charge in [-0.05, 0) is 19.9 Å². The van der Waals surface area contributed by atoms with E-state index < -0.39 is 0 Å². The summed E-state index contributed by atoms with van der Waals surface area (Å²) < 4.78 is 0. The summed E-state index contributed by atoms with van der Waals surface area (Å²) in [4.78, 5) is 9.64. The van der Waals surface area contributed by atoms with E-state index in [0.717, 1.165) is 6.54 Å². The van der Waals surface area contributed by atoms with Gasteiger partial charge in [-0.3, -0.25) is 4.90 Å². The lowest BCUT2D eigenvalue weighted by atomic mass is 10.1. The third kappa shape index (κ3) is 3.48. The molecule has 0 radical (unpaired) electrons. The van der Waals surface area contributed by atoms with E-state index in [1.807, 2.05) is 6.20 Å². The normalized spacial score (nSPS) is 18.7. The summed E-state index contributed by atoms with van der Waals surface area (Å²) >= 11 is 0. The van der Waals surface area contributed by atoms with Crippen molar-refractivity contribution in [2.24, 2.45) is 0 Å². The summed E-state index contributed by atoms with van der Waals surface area (Å²) in [6.45, 7) is 3.38. The summed E-state index contributed by atoms with van der Waals surface area (Å²) in [7, 11) is 2.05. The van der Waals surface area contributed by atoms with Crippen molar-refractivity contribution >= 4 is 12.4 Å². The molecule has 0 amide bonds. The van der Waals surface area contributed by atoms with Crippen molar-refractivity contribution in [2.45, 2.75) is 25.4 Å². The number of imidazole rings is 1. The first-order valence-corrected chi connectivity index (χ1v) is 5.25. The lowest BCUT2D eigenvalue weighted by Crippen LogP contribution is -2.40. The average molecular weight is 231 g/mol. The minimum atomic E-state index is 0. The highest BCUT2D eigenvalue weighted by Crippen LogP contribution is 2.11. The fraction of sp³-hybridized carbons (Fsp3) is 0.700. The van der Waals surface area contributed by atoms with Crippen molar-refractivity contribution in [3.8, 4) is 0 Å². The molecular formula is C10H19ClN4. The predicted octanol–water partition coefficient (Wildman–Crippen LogP) is 1.02. The summed E-state index contributed by atoms with van der Waals surface area (Å²) in [6, 6.07) is 0.716. The van der Waals surface area contributed by atoms with Crippen LogP contribution < -0.4 is 5.32 Å². The second-order valence-electron chi connectivity index (χ2n) is 3.92. The van der Waals surface area contributed by atoms with Crippen LogP contribution in [0.3, 0.4) is 0 Å². The van der Waals surface area contributed by atoms with Crippen LogP contribution in [0.5, 0.6) is 0 Å². The Kier molecular flexibility index (Phi) is 5.08. The van der Waals surface area contributed by atoms with Gasteiger partial charge in [0.05, 0.1) is 6.33 Å². The predicted molar refractivity (Wildman–Crippen MR) is 63.2 cm³/mol. The number of hydrogen-bond acceptors (Lipinski definition) is 3. The average Bonchev–Trinajstić information content (AvgIpc) is 2.72. The van der Waals surface area contributed by atoms with Gasteiger partial charge >= 0.3 is 0 Å². The van der Waals surface area contributed by atoms with Crippen LogP contribution in [0.1, 0.15) is 18.5 Å². The maximum Gasteiger partial charge on any atom is 0.0922 e. The van der Waals surface area contributed by atoms with Gasteiger partial charge in [0.15, 0.2) is 0 Å². The highest BCUT2D eigenvalue weighted by molar-refractivity contribution is 5.85. The Bertz CT molecular complexity index is 254. The van der Waals surface area contributed by atoms with Crippen molar-refractivity contribution in [3.63, 3.8) is 0 Å². The smallest absolute Gasteiger partial charge is 0.0922 e. The molecule has 0 saturated carbocycles. The van der Waals surface area contributed by atoms with Gasteiger partial charge in [-0.2, -0.15) is 0 Å². The Labute approximate surface area is 96.9 Å². The first-order chi connectivity index (χ1) is 6.88. The van der Waals surface area contributed by atoms with Gasteiger partial charge in [-0.25, -0.2) is 4.98 Å². The van der Waals surface area contributed by atoms with Crippen LogP contribution in [-0.4, -0.2) is 41.0 Å². The number of aromatic amines is 1. The molecule has 1 aromatic heterocycles. The number of nitrogens with one attached hydrogen (secondary N) is 2. The number of likely N-dealkylation sites (tertiary alicyclic amines) is 1. The third-order valence-corrected chi connectivity index (χ3v) is 2.94. The third-order valence-electron chi connectivity index (χ3n) is 2.94. The van der Waals surface area contributed by atoms with E-state index in [1.165, 1.54) is 31.6 Å². The zero-order chi connectivity index (χ0) is 9.80. The molecule has 5 heteroatoms. The van der Waals surface area contributed by atoms with Gasteiger partial charge in [-0.15, -0.1) is 12.4 Å². The molecule has 1 aromatic rings. The molecule has 0 aromatic carbocycles. The van der Waals surface area contributed by atoms with Gasteiger partial charge in [0, 0.05) is 37.6 Å². The number of H-pyrrole nitrogens is 1. The van der Waals surface area contributed by atoms with Crippen molar-refractivity contribution in [1.82, 2.24) is 20.2 Å². The fourth-order valence-electron chi connectivity index (χ4n) is 1.99. The molecule has 2 rings (SSSR count). The highest BCUT2D eigenvalue weighted by Gasteiger charge is 2.17. The molecule has 0 spiro atoms. The number of halogens is 1. The first-order valence-electron chi connectivity index (χ1n) is 5.25. The van der Waals surface area contributed by atoms with E-state index in [2.05, 4.69) is 27.2 Å². The monoisotopic (exact) mass is 230 g/mol. The van der Waals surface area contributed by atoms with Gasteiger partial charge < -0.3 is 10.3 Å². The van der Waals surface area contributed by atoms with Crippen LogP contribution in [0, 0.1) is 0 Å². The second kappa shape index (κ2) is 6.10. The molecule has 4 nitrogen and oxygen atoms in total. The Balaban J connectivity index is 0.00000112. The summed E-state index contributed by atoms with van der Waals surface area (Å²) in [6.07, 6.45) is 6.16. The van der Waals surface area contributed by atoms with Crippen LogP contribution >= 0.6 is 12.4 Å². The van der Waals surface area contributed by atoms with Crippen LogP contribution in [0.4, 0.5) is 0 Å². The maximum absolute atomic E-state index is 4.02.